The first-order valence-electron chi connectivity index (χ1n) is 7.48. The van der Waals surface area contributed by atoms with E-state index in [1.165, 1.54) is 28.6 Å². The lowest BCUT2D eigenvalue weighted by Gasteiger charge is -2.10. The fourth-order valence-electron chi connectivity index (χ4n) is 2.26. The van der Waals surface area contributed by atoms with Crippen molar-refractivity contribution in [1.29, 1.82) is 0 Å². The van der Waals surface area contributed by atoms with Crippen molar-refractivity contribution in [2.45, 2.75) is 12.1 Å². The quantitative estimate of drug-likeness (QED) is 0.315. The minimum absolute atomic E-state index is 0.0110. The summed E-state index contributed by atoms with van der Waals surface area (Å²) in [6.45, 7) is 1.86. The summed E-state index contributed by atoms with van der Waals surface area (Å²) in [5.74, 6) is 0.263. The molecule has 0 spiro atoms. The molecule has 0 aliphatic rings. The van der Waals surface area contributed by atoms with Gasteiger partial charge in [-0.05, 0) is 30.9 Å². The molecule has 3 aromatic rings. The second-order valence-corrected chi connectivity index (χ2v) is 6.00. The van der Waals surface area contributed by atoms with Gasteiger partial charge in [-0.2, -0.15) is 9.67 Å². The lowest BCUT2D eigenvalue weighted by Crippen LogP contribution is -2.21. The van der Waals surface area contributed by atoms with Crippen LogP contribution in [0.15, 0.2) is 52.5 Å². The Bertz CT molecular complexity index is 1040. The zero-order valence-corrected chi connectivity index (χ0v) is 14.7. The Labute approximate surface area is 152 Å². The Hall–Kier alpha value is -3.27. The number of hydrogen-bond donors (Lipinski definition) is 1. The van der Waals surface area contributed by atoms with Gasteiger partial charge in [0.05, 0.1) is 10.6 Å². The van der Waals surface area contributed by atoms with Crippen LogP contribution < -0.4 is 10.9 Å². The highest BCUT2D eigenvalue weighted by atomic mass is 32.2. The van der Waals surface area contributed by atoms with Crippen LogP contribution in [0.3, 0.4) is 0 Å². The normalized spacial score (nSPS) is 10.5. The number of para-hydroxylation sites is 1. The maximum absolute atomic E-state index is 12.2. The smallest absolute Gasteiger partial charge is 0.318 e. The molecule has 9 nitrogen and oxygen atoms in total. The third kappa shape index (κ3) is 3.54. The molecule has 132 valence electrons. The highest BCUT2D eigenvalue weighted by Crippen LogP contribution is 2.25. The molecule has 0 aliphatic heterocycles. The third-order valence-corrected chi connectivity index (χ3v) is 4.08. The highest BCUT2D eigenvalue weighted by molar-refractivity contribution is 7.98. The summed E-state index contributed by atoms with van der Waals surface area (Å²) >= 11 is 1.26. The van der Waals surface area contributed by atoms with Crippen molar-refractivity contribution >= 4 is 29.1 Å². The Morgan fingerprint density at radius 2 is 2.00 bits per heavy atom. The van der Waals surface area contributed by atoms with Gasteiger partial charge in [-0.1, -0.05) is 30.0 Å². The molecule has 0 atom stereocenters. The van der Waals surface area contributed by atoms with E-state index in [2.05, 4.69) is 20.4 Å². The van der Waals surface area contributed by atoms with Gasteiger partial charge in [0.1, 0.15) is 6.20 Å². The first-order chi connectivity index (χ1) is 12.5. The van der Waals surface area contributed by atoms with E-state index in [-0.39, 0.29) is 22.9 Å². The number of anilines is 2. The molecule has 0 bridgehead atoms. The molecule has 0 unspecified atom stereocenters. The van der Waals surface area contributed by atoms with Crippen LogP contribution in [-0.4, -0.2) is 30.9 Å². The summed E-state index contributed by atoms with van der Waals surface area (Å²) in [4.78, 5) is 30.8. The van der Waals surface area contributed by atoms with Crippen LogP contribution in [0.4, 0.5) is 17.3 Å². The van der Waals surface area contributed by atoms with Gasteiger partial charge in [-0.15, -0.1) is 5.10 Å². The van der Waals surface area contributed by atoms with E-state index < -0.39 is 4.92 Å². The Balaban J connectivity index is 2.05. The molecule has 3 rings (SSSR count). The van der Waals surface area contributed by atoms with Gasteiger partial charge >= 0.3 is 5.69 Å². The van der Waals surface area contributed by atoms with Crippen molar-refractivity contribution in [2.24, 2.45) is 0 Å². The summed E-state index contributed by atoms with van der Waals surface area (Å²) in [5, 5.41) is 18.6. The minimum Gasteiger partial charge on any atom is -0.318 e. The van der Waals surface area contributed by atoms with E-state index in [0.29, 0.717) is 10.8 Å². The van der Waals surface area contributed by atoms with Crippen LogP contribution >= 0.6 is 11.8 Å². The van der Waals surface area contributed by atoms with Gasteiger partial charge in [0, 0.05) is 6.07 Å². The molecule has 2 heterocycles. The zero-order valence-electron chi connectivity index (χ0n) is 13.9. The van der Waals surface area contributed by atoms with Crippen molar-refractivity contribution in [3.05, 3.63) is 68.6 Å². The number of aromatic nitrogens is 4. The average molecular weight is 370 g/mol. The SMILES string of the molecule is CSc1ncc([N+](=O)[O-])c(Nc2ccc(=O)n(-c3ccccc3C)n2)n1. The molecule has 1 N–H and O–H groups in total. The molecule has 2 aromatic heterocycles. The lowest BCUT2D eigenvalue weighted by atomic mass is 10.2. The first kappa shape index (κ1) is 17.5. The van der Waals surface area contributed by atoms with Crippen molar-refractivity contribution in [1.82, 2.24) is 19.7 Å². The molecule has 0 amide bonds. The number of nitro groups is 1. The first-order valence-corrected chi connectivity index (χ1v) is 8.71. The van der Waals surface area contributed by atoms with E-state index in [0.717, 1.165) is 11.8 Å². The molecule has 0 aliphatic carbocycles. The van der Waals surface area contributed by atoms with Gasteiger partial charge in [0.25, 0.3) is 5.56 Å². The molecule has 0 saturated heterocycles. The number of nitrogens with zero attached hydrogens (tertiary/aromatic N) is 5. The van der Waals surface area contributed by atoms with Crippen LogP contribution in [0.1, 0.15) is 5.56 Å². The number of hydrogen-bond acceptors (Lipinski definition) is 8. The second kappa shape index (κ2) is 7.31. The van der Waals surface area contributed by atoms with Crippen LogP contribution in [0, 0.1) is 17.0 Å². The van der Waals surface area contributed by atoms with Crippen molar-refractivity contribution < 1.29 is 4.92 Å². The number of thioether (sulfide) groups is 1. The standard InChI is InChI=1S/C16H14N6O3S/c1-10-5-3-4-6-11(10)21-14(23)8-7-13(20-21)18-15-12(22(24)25)9-17-16(19-15)26-2/h3-9H,1-2H3,(H,17,18,19,20). The number of rotatable bonds is 5. The molecule has 0 fully saturated rings. The monoisotopic (exact) mass is 370 g/mol. The summed E-state index contributed by atoms with van der Waals surface area (Å²) in [5.41, 5.74) is 0.908. The van der Waals surface area contributed by atoms with Crippen LogP contribution in [0.25, 0.3) is 5.69 Å². The highest BCUT2D eigenvalue weighted by Gasteiger charge is 2.18. The number of benzene rings is 1. The van der Waals surface area contributed by atoms with E-state index >= 15 is 0 Å². The Morgan fingerprint density at radius 3 is 2.69 bits per heavy atom. The average Bonchev–Trinajstić information content (AvgIpc) is 2.63. The Kier molecular flexibility index (Phi) is 4.94. The third-order valence-electron chi connectivity index (χ3n) is 3.52. The van der Waals surface area contributed by atoms with Gasteiger partial charge < -0.3 is 5.32 Å². The van der Waals surface area contributed by atoms with E-state index in [1.807, 2.05) is 19.1 Å². The second-order valence-electron chi connectivity index (χ2n) is 5.23. The van der Waals surface area contributed by atoms with Crippen LogP contribution in [0.2, 0.25) is 0 Å². The molecule has 10 heteroatoms. The molecule has 0 radical (unpaired) electrons. The summed E-state index contributed by atoms with van der Waals surface area (Å²) in [7, 11) is 0. The van der Waals surface area contributed by atoms with E-state index in [9.17, 15) is 14.9 Å². The fraction of sp³-hybridized carbons (Fsp3) is 0.125. The summed E-state index contributed by atoms with van der Waals surface area (Å²) in [6.07, 6.45) is 2.90. The molecule has 1 aromatic carbocycles. The van der Waals surface area contributed by atoms with Gasteiger partial charge in [0.2, 0.25) is 5.82 Å². The molecule has 0 saturated carbocycles. The van der Waals surface area contributed by atoms with Crippen molar-refractivity contribution in [3.63, 3.8) is 0 Å². The largest absolute Gasteiger partial charge is 0.329 e. The van der Waals surface area contributed by atoms with Crippen molar-refractivity contribution in [2.75, 3.05) is 11.6 Å². The maximum atomic E-state index is 12.2. The van der Waals surface area contributed by atoms with Gasteiger partial charge in [0.15, 0.2) is 11.0 Å². The van der Waals surface area contributed by atoms with Gasteiger partial charge in [-0.3, -0.25) is 14.9 Å². The van der Waals surface area contributed by atoms with Crippen molar-refractivity contribution in [3.8, 4) is 5.69 Å². The zero-order chi connectivity index (χ0) is 18.7. The fourth-order valence-corrected chi connectivity index (χ4v) is 2.60. The predicted molar refractivity (Wildman–Crippen MR) is 98.3 cm³/mol. The minimum atomic E-state index is -0.580. The summed E-state index contributed by atoms with van der Waals surface area (Å²) in [6, 6.07) is 10.1. The van der Waals surface area contributed by atoms with E-state index in [4.69, 9.17) is 0 Å². The Morgan fingerprint density at radius 1 is 1.23 bits per heavy atom. The molecular formula is C16H14N6O3S. The summed E-state index contributed by atoms with van der Waals surface area (Å²) < 4.78 is 1.24. The lowest BCUT2D eigenvalue weighted by molar-refractivity contribution is -0.384. The number of nitrogens with one attached hydrogen (secondary N) is 1. The van der Waals surface area contributed by atoms with Crippen LogP contribution in [0.5, 0.6) is 0 Å². The van der Waals surface area contributed by atoms with E-state index in [1.54, 1.807) is 18.4 Å². The predicted octanol–water partition coefficient (Wildman–Crippen LogP) is 2.70. The molecule has 26 heavy (non-hydrogen) atoms. The maximum Gasteiger partial charge on any atom is 0.329 e. The topological polar surface area (TPSA) is 116 Å². The van der Waals surface area contributed by atoms with Crippen LogP contribution in [-0.2, 0) is 0 Å². The molecular weight excluding hydrogens is 356 g/mol. The van der Waals surface area contributed by atoms with Gasteiger partial charge in [-0.25, -0.2) is 4.98 Å². The number of aryl methyl sites for hydroxylation is 1.